The van der Waals surface area contributed by atoms with Crippen LogP contribution in [0.5, 0.6) is 11.5 Å². The van der Waals surface area contributed by atoms with Gasteiger partial charge in [0.25, 0.3) is 10.0 Å². The van der Waals surface area contributed by atoms with E-state index in [2.05, 4.69) is 17.4 Å². The Kier molecular flexibility index (Phi) is 6.66. The lowest BCUT2D eigenvalue weighted by Gasteiger charge is -2.12. The van der Waals surface area contributed by atoms with Crippen molar-refractivity contribution >= 4 is 21.3 Å². The Morgan fingerprint density at radius 3 is 2.26 bits per heavy atom. The van der Waals surface area contributed by atoms with Crippen molar-refractivity contribution in [3.63, 3.8) is 0 Å². The molecule has 3 N–H and O–H groups in total. The van der Waals surface area contributed by atoms with Gasteiger partial charge in [0.1, 0.15) is 0 Å². The number of benzene rings is 4. The van der Waals surface area contributed by atoms with Crippen LogP contribution < -0.4 is 4.72 Å². The van der Waals surface area contributed by atoms with Crippen LogP contribution in [0.15, 0.2) is 126 Å². The summed E-state index contributed by atoms with van der Waals surface area (Å²) in [5.74, 6) is -0.274. The van der Waals surface area contributed by atoms with Gasteiger partial charge in [0, 0.05) is 11.6 Å². The summed E-state index contributed by atoms with van der Waals surface area (Å²) in [7, 11) is -3.77. The molecule has 0 heterocycles. The van der Waals surface area contributed by atoms with Crippen LogP contribution in [0.25, 0.3) is 16.7 Å². The van der Waals surface area contributed by atoms with E-state index in [0.717, 1.165) is 39.0 Å². The van der Waals surface area contributed by atoms with Crippen LogP contribution in [0, 0.1) is 6.92 Å². The molecule has 0 spiro atoms. The minimum Gasteiger partial charge on any atom is -0.504 e. The standard InChI is InChI=1S/C32H27NO4S/c1-3-8-27(28-20-32(35)31(34)17-21(28)2)30-19-29(30)23-13-15-25(16-14-23)33-38(36,37)26-12-7-11-24(18-26)22-9-5-4-6-10-22/h3-20,29,33-35H,1H2,2H3/b27-8+. The Labute approximate surface area is 222 Å². The van der Waals surface area contributed by atoms with Crippen LogP contribution in [0.4, 0.5) is 5.69 Å². The van der Waals surface area contributed by atoms with Gasteiger partial charge in [-0.2, -0.15) is 0 Å². The third kappa shape index (κ3) is 5.12. The molecule has 0 fully saturated rings. The van der Waals surface area contributed by atoms with Crippen LogP contribution in [-0.4, -0.2) is 18.6 Å². The van der Waals surface area contributed by atoms with E-state index in [1.165, 1.54) is 6.07 Å². The molecule has 0 amide bonds. The number of hydrogen-bond donors (Lipinski definition) is 3. The number of anilines is 1. The SMILES string of the molecule is C=C/C=C(/C1=CC1c1ccc(NS(=O)(=O)c2cccc(-c3ccccc3)c2)cc1)c1cc(O)c(O)cc1C. The summed E-state index contributed by atoms with van der Waals surface area (Å²) in [6.07, 6.45) is 5.68. The van der Waals surface area contributed by atoms with Gasteiger partial charge >= 0.3 is 0 Å². The van der Waals surface area contributed by atoms with Crippen LogP contribution in [0.3, 0.4) is 0 Å². The van der Waals surface area contributed by atoms with E-state index in [9.17, 15) is 18.6 Å². The van der Waals surface area contributed by atoms with Gasteiger partial charge in [-0.3, -0.25) is 4.72 Å². The Morgan fingerprint density at radius 1 is 0.868 bits per heavy atom. The van der Waals surface area contributed by atoms with Crippen molar-refractivity contribution < 1.29 is 18.6 Å². The fraction of sp³-hybridized carbons (Fsp3) is 0.0625. The average molecular weight is 522 g/mol. The zero-order valence-electron chi connectivity index (χ0n) is 20.8. The van der Waals surface area contributed by atoms with E-state index in [1.807, 2.05) is 61.5 Å². The number of phenols is 2. The summed E-state index contributed by atoms with van der Waals surface area (Å²) in [5.41, 5.74) is 6.91. The third-order valence-corrected chi connectivity index (χ3v) is 7.93. The highest BCUT2D eigenvalue weighted by molar-refractivity contribution is 7.92. The van der Waals surface area contributed by atoms with Gasteiger partial charge in [-0.1, -0.05) is 79.4 Å². The Balaban J connectivity index is 1.32. The predicted octanol–water partition coefficient (Wildman–Crippen LogP) is 7.17. The van der Waals surface area contributed by atoms with Crippen molar-refractivity contribution in [2.45, 2.75) is 17.7 Å². The second-order valence-electron chi connectivity index (χ2n) is 9.19. The molecule has 4 aromatic carbocycles. The summed E-state index contributed by atoms with van der Waals surface area (Å²) in [6.45, 7) is 5.69. The Bertz CT molecular complexity index is 1690. The first-order valence-electron chi connectivity index (χ1n) is 12.1. The summed E-state index contributed by atoms with van der Waals surface area (Å²) in [5, 5.41) is 19.8. The lowest BCUT2D eigenvalue weighted by molar-refractivity contribution is 0.403. The first-order valence-corrected chi connectivity index (χ1v) is 13.6. The first-order chi connectivity index (χ1) is 18.3. The van der Waals surface area contributed by atoms with E-state index in [4.69, 9.17) is 0 Å². The van der Waals surface area contributed by atoms with Crippen LogP contribution in [-0.2, 0) is 10.0 Å². The largest absolute Gasteiger partial charge is 0.504 e. The normalized spacial score (nSPS) is 15.0. The zero-order valence-corrected chi connectivity index (χ0v) is 21.6. The van der Waals surface area contributed by atoms with Gasteiger partial charge in [0.05, 0.1) is 4.90 Å². The van der Waals surface area contributed by atoms with Crippen molar-refractivity contribution in [1.29, 1.82) is 0 Å². The fourth-order valence-electron chi connectivity index (χ4n) is 4.54. The molecule has 0 radical (unpaired) electrons. The molecule has 1 aliphatic rings. The number of sulfonamides is 1. The molecule has 38 heavy (non-hydrogen) atoms. The zero-order chi connectivity index (χ0) is 26.9. The van der Waals surface area contributed by atoms with E-state index < -0.39 is 10.0 Å². The summed E-state index contributed by atoms with van der Waals surface area (Å²) in [4.78, 5) is 0.195. The highest BCUT2D eigenvalue weighted by Crippen LogP contribution is 2.49. The summed E-state index contributed by atoms with van der Waals surface area (Å²) >= 11 is 0. The molecule has 5 rings (SSSR count). The molecule has 0 saturated heterocycles. The van der Waals surface area contributed by atoms with Gasteiger partial charge in [-0.25, -0.2) is 8.42 Å². The molecule has 1 unspecified atom stereocenters. The maximum Gasteiger partial charge on any atom is 0.261 e. The second-order valence-corrected chi connectivity index (χ2v) is 10.9. The van der Waals surface area contributed by atoms with E-state index in [-0.39, 0.29) is 22.3 Å². The molecular formula is C32H27NO4S. The Hall–Kier alpha value is -4.55. The van der Waals surface area contributed by atoms with Gasteiger partial charge in [-0.05, 0) is 82.3 Å². The molecule has 1 aliphatic carbocycles. The van der Waals surface area contributed by atoms with Gasteiger partial charge < -0.3 is 10.2 Å². The number of aromatic hydroxyl groups is 2. The number of rotatable bonds is 8. The minimum absolute atomic E-state index is 0.0600. The van der Waals surface area contributed by atoms with Crippen molar-refractivity contribution in [3.05, 3.63) is 138 Å². The topological polar surface area (TPSA) is 86.6 Å². The van der Waals surface area contributed by atoms with Gasteiger partial charge in [0.2, 0.25) is 0 Å². The number of phenolic OH excluding ortho intramolecular Hbond substituents is 2. The van der Waals surface area contributed by atoms with Crippen molar-refractivity contribution in [2.24, 2.45) is 0 Å². The average Bonchev–Trinajstić information content (AvgIpc) is 3.71. The van der Waals surface area contributed by atoms with Crippen LogP contribution >= 0.6 is 0 Å². The maximum atomic E-state index is 13.1. The maximum absolute atomic E-state index is 13.1. The molecule has 0 aromatic heterocycles. The molecule has 0 bridgehead atoms. The monoisotopic (exact) mass is 521 g/mol. The number of hydrogen-bond acceptors (Lipinski definition) is 4. The van der Waals surface area contributed by atoms with E-state index in [1.54, 1.807) is 42.5 Å². The first kappa shape index (κ1) is 25.1. The van der Waals surface area contributed by atoms with E-state index >= 15 is 0 Å². The quantitative estimate of drug-likeness (QED) is 0.169. The van der Waals surface area contributed by atoms with Crippen molar-refractivity contribution in [1.82, 2.24) is 0 Å². The highest BCUT2D eigenvalue weighted by Gasteiger charge is 2.31. The molecule has 0 aliphatic heterocycles. The fourth-order valence-corrected chi connectivity index (χ4v) is 5.65. The molecule has 190 valence electrons. The molecule has 0 saturated carbocycles. The van der Waals surface area contributed by atoms with Crippen LogP contribution in [0.2, 0.25) is 0 Å². The van der Waals surface area contributed by atoms with Gasteiger partial charge in [-0.15, -0.1) is 0 Å². The predicted molar refractivity (Wildman–Crippen MR) is 153 cm³/mol. The van der Waals surface area contributed by atoms with Crippen LogP contribution in [0.1, 0.15) is 22.6 Å². The Morgan fingerprint density at radius 2 is 1.55 bits per heavy atom. The van der Waals surface area contributed by atoms with E-state index in [0.29, 0.717) is 5.69 Å². The molecule has 6 heteroatoms. The van der Waals surface area contributed by atoms with Gasteiger partial charge in [0.15, 0.2) is 11.5 Å². The lowest BCUT2D eigenvalue weighted by Crippen LogP contribution is -2.13. The number of nitrogens with one attached hydrogen (secondary N) is 1. The summed E-state index contributed by atoms with van der Waals surface area (Å²) < 4.78 is 28.9. The van der Waals surface area contributed by atoms with Crippen molar-refractivity contribution in [2.75, 3.05) is 4.72 Å². The molecule has 5 nitrogen and oxygen atoms in total. The third-order valence-electron chi connectivity index (χ3n) is 6.55. The number of allylic oxidation sites excluding steroid dienone is 5. The number of aryl methyl sites for hydroxylation is 1. The molecular weight excluding hydrogens is 494 g/mol. The smallest absolute Gasteiger partial charge is 0.261 e. The highest BCUT2D eigenvalue weighted by atomic mass is 32.2. The molecule has 1 atom stereocenters. The van der Waals surface area contributed by atoms with Crippen molar-refractivity contribution in [3.8, 4) is 22.6 Å². The second kappa shape index (κ2) is 10.1. The summed E-state index contributed by atoms with van der Waals surface area (Å²) in [6, 6.07) is 26.9. The molecule has 4 aromatic rings. The minimum atomic E-state index is -3.77. The lowest BCUT2D eigenvalue weighted by atomic mass is 9.94.